The first-order chi connectivity index (χ1) is 6.79. The number of carbonyl (C=O) groups is 2. The predicted octanol–water partition coefficient (Wildman–Crippen LogP) is 0.673. The molecule has 1 aromatic carbocycles. The van der Waals surface area contributed by atoms with Gasteiger partial charge in [-0.3, -0.25) is 14.9 Å². The summed E-state index contributed by atoms with van der Waals surface area (Å²) in [5.74, 6) is -0.255. The summed E-state index contributed by atoms with van der Waals surface area (Å²) >= 11 is 0. The Hall–Kier alpha value is -1.64. The van der Waals surface area contributed by atoms with Gasteiger partial charge in [0.15, 0.2) is 0 Å². The molecule has 0 unspecified atom stereocenters. The Labute approximate surface area is 81.1 Å². The number of benzene rings is 1. The van der Waals surface area contributed by atoms with Crippen LogP contribution in [0.3, 0.4) is 0 Å². The lowest BCUT2D eigenvalue weighted by molar-refractivity contribution is -0.127. The third-order valence-electron chi connectivity index (χ3n) is 3.06. The van der Waals surface area contributed by atoms with Gasteiger partial charge < -0.3 is 0 Å². The van der Waals surface area contributed by atoms with Gasteiger partial charge in [-0.25, -0.2) is 0 Å². The fraction of sp³-hybridized carbons (Fsp3) is 0.273. The van der Waals surface area contributed by atoms with E-state index in [2.05, 4.69) is 5.32 Å². The minimum Gasteiger partial charge on any atom is -0.296 e. The lowest BCUT2D eigenvalue weighted by Gasteiger charge is -2.02. The van der Waals surface area contributed by atoms with Crippen molar-refractivity contribution >= 4 is 11.8 Å². The van der Waals surface area contributed by atoms with Gasteiger partial charge in [-0.2, -0.15) is 0 Å². The van der Waals surface area contributed by atoms with E-state index in [-0.39, 0.29) is 29.6 Å². The second kappa shape index (κ2) is 2.44. The van der Waals surface area contributed by atoms with Gasteiger partial charge >= 0.3 is 0 Å². The monoisotopic (exact) mass is 187 g/mol. The number of hydrogen-bond acceptors (Lipinski definition) is 2. The molecule has 1 aromatic rings. The Morgan fingerprint density at radius 1 is 0.857 bits per heavy atom. The van der Waals surface area contributed by atoms with Crippen LogP contribution in [0, 0.1) is 11.8 Å². The molecule has 0 aromatic heterocycles. The molecule has 1 aliphatic heterocycles. The summed E-state index contributed by atoms with van der Waals surface area (Å²) in [6.07, 6.45) is 0. The number of imide groups is 1. The quantitative estimate of drug-likeness (QED) is 0.657. The Bertz CT molecular complexity index is 393. The lowest BCUT2D eigenvalue weighted by Crippen LogP contribution is -2.26. The number of amides is 2. The average Bonchev–Trinajstić information content (AvgIpc) is 2.87. The molecule has 3 nitrogen and oxygen atoms in total. The first kappa shape index (κ1) is 7.74. The molecule has 3 atom stereocenters. The summed E-state index contributed by atoms with van der Waals surface area (Å²) in [7, 11) is 0. The first-order valence-corrected chi connectivity index (χ1v) is 4.68. The molecule has 2 amide bonds. The molecule has 3 rings (SSSR count). The molecule has 1 saturated carbocycles. The summed E-state index contributed by atoms with van der Waals surface area (Å²) in [4.78, 5) is 22.6. The van der Waals surface area contributed by atoms with Crippen LogP contribution in [-0.2, 0) is 9.59 Å². The van der Waals surface area contributed by atoms with E-state index in [1.165, 1.54) is 0 Å². The lowest BCUT2D eigenvalue weighted by atomic mass is 10.1. The maximum Gasteiger partial charge on any atom is 0.231 e. The van der Waals surface area contributed by atoms with Gasteiger partial charge in [0, 0.05) is 5.92 Å². The molecular weight excluding hydrogens is 178 g/mol. The van der Waals surface area contributed by atoms with Gasteiger partial charge in [-0.05, 0) is 5.56 Å². The molecule has 1 saturated heterocycles. The molecule has 2 aliphatic rings. The van der Waals surface area contributed by atoms with Gasteiger partial charge in [-0.15, -0.1) is 0 Å². The Kier molecular flexibility index (Phi) is 1.35. The van der Waals surface area contributed by atoms with Gasteiger partial charge in [-0.1, -0.05) is 30.3 Å². The van der Waals surface area contributed by atoms with Crippen LogP contribution in [0.4, 0.5) is 0 Å². The molecule has 14 heavy (non-hydrogen) atoms. The average molecular weight is 187 g/mol. The number of fused-ring (bicyclic) bond motifs is 1. The highest BCUT2D eigenvalue weighted by molar-refractivity contribution is 6.10. The number of hydrogen-bond donors (Lipinski definition) is 1. The molecule has 1 aliphatic carbocycles. The Balaban J connectivity index is 1.93. The molecule has 0 radical (unpaired) electrons. The zero-order chi connectivity index (χ0) is 9.71. The van der Waals surface area contributed by atoms with E-state index < -0.39 is 0 Å². The van der Waals surface area contributed by atoms with Crippen LogP contribution >= 0.6 is 0 Å². The van der Waals surface area contributed by atoms with Crippen LogP contribution in [0.5, 0.6) is 0 Å². The van der Waals surface area contributed by atoms with Crippen LogP contribution in [-0.4, -0.2) is 11.8 Å². The highest BCUT2D eigenvalue weighted by atomic mass is 16.2. The minimum absolute atomic E-state index is 0.0927. The molecule has 3 heteroatoms. The van der Waals surface area contributed by atoms with E-state index in [1.54, 1.807) is 0 Å². The zero-order valence-corrected chi connectivity index (χ0v) is 7.44. The maximum absolute atomic E-state index is 11.3. The van der Waals surface area contributed by atoms with E-state index in [4.69, 9.17) is 0 Å². The largest absolute Gasteiger partial charge is 0.296 e. The first-order valence-electron chi connectivity index (χ1n) is 4.68. The molecule has 0 bridgehead atoms. The Morgan fingerprint density at radius 2 is 1.43 bits per heavy atom. The van der Waals surface area contributed by atoms with E-state index >= 15 is 0 Å². The summed E-state index contributed by atoms with van der Waals surface area (Å²) in [6, 6.07) is 9.76. The molecule has 0 spiro atoms. The summed E-state index contributed by atoms with van der Waals surface area (Å²) in [5.41, 5.74) is 1.10. The second-order valence-electron chi connectivity index (χ2n) is 3.84. The maximum atomic E-state index is 11.3. The number of carbonyl (C=O) groups excluding carboxylic acids is 2. The van der Waals surface area contributed by atoms with Crippen LogP contribution in [0.2, 0.25) is 0 Å². The summed E-state index contributed by atoms with van der Waals surface area (Å²) in [5, 5.41) is 2.34. The van der Waals surface area contributed by atoms with E-state index in [1.807, 2.05) is 30.3 Å². The fourth-order valence-electron chi connectivity index (χ4n) is 2.34. The van der Waals surface area contributed by atoms with Gasteiger partial charge in [0.1, 0.15) is 0 Å². The van der Waals surface area contributed by atoms with Gasteiger partial charge in [0.05, 0.1) is 11.8 Å². The van der Waals surface area contributed by atoms with Gasteiger partial charge in [0.2, 0.25) is 11.8 Å². The van der Waals surface area contributed by atoms with Crippen LogP contribution in [0.1, 0.15) is 11.5 Å². The van der Waals surface area contributed by atoms with Crippen molar-refractivity contribution in [2.75, 3.05) is 0 Å². The van der Waals surface area contributed by atoms with Crippen molar-refractivity contribution in [1.82, 2.24) is 5.32 Å². The van der Waals surface area contributed by atoms with Crippen molar-refractivity contribution < 1.29 is 9.59 Å². The van der Waals surface area contributed by atoms with Crippen LogP contribution in [0.15, 0.2) is 30.3 Å². The molecule has 1 N–H and O–H groups in total. The molecular formula is C11H9NO2. The van der Waals surface area contributed by atoms with E-state index in [0.717, 1.165) is 5.56 Å². The SMILES string of the molecule is O=C1NC(=O)[C@H]2[C@@H]1[C@@H]2c1ccccc1. The molecule has 2 fully saturated rings. The smallest absolute Gasteiger partial charge is 0.231 e. The molecule has 1 heterocycles. The molecule has 70 valence electrons. The Morgan fingerprint density at radius 3 is 2.00 bits per heavy atom. The fourth-order valence-corrected chi connectivity index (χ4v) is 2.34. The third kappa shape index (κ3) is 0.867. The highest BCUT2D eigenvalue weighted by Gasteiger charge is 2.64. The van der Waals surface area contributed by atoms with Crippen molar-refractivity contribution in [2.45, 2.75) is 5.92 Å². The predicted molar refractivity (Wildman–Crippen MR) is 49.3 cm³/mol. The topological polar surface area (TPSA) is 46.2 Å². The van der Waals surface area contributed by atoms with E-state index in [0.29, 0.717) is 0 Å². The normalized spacial score (nSPS) is 33.9. The highest BCUT2D eigenvalue weighted by Crippen LogP contribution is 2.56. The van der Waals surface area contributed by atoms with E-state index in [9.17, 15) is 9.59 Å². The van der Waals surface area contributed by atoms with Crippen molar-refractivity contribution in [3.05, 3.63) is 35.9 Å². The number of nitrogens with one attached hydrogen (secondary N) is 1. The van der Waals surface area contributed by atoms with Crippen molar-refractivity contribution in [2.24, 2.45) is 11.8 Å². The minimum atomic E-state index is -0.103. The standard InChI is InChI=1S/C11H9NO2/c13-10-8-7(9(8)11(14)12-10)6-4-2-1-3-5-6/h1-5,7-9H,(H,12,13,14)/t7-,8-,9+. The third-order valence-corrected chi connectivity index (χ3v) is 3.06. The van der Waals surface area contributed by atoms with Crippen LogP contribution < -0.4 is 5.32 Å². The van der Waals surface area contributed by atoms with Crippen LogP contribution in [0.25, 0.3) is 0 Å². The summed E-state index contributed by atoms with van der Waals surface area (Å²) in [6.45, 7) is 0. The second-order valence-corrected chi connectivity index (χ2v) is 3.84. The summed E-state index contributed by atoms with van der Waals surface area (Å²) < 4.78 is 0. The zero-order valence-electron chi connectivity index (χ0n) is 7.44. The number of piperidine rings is 1. The van der Waals surface area contributed by atoms with Crippen molar-refractivity contribution in [3.63, 3.8) is 0 Å². The van der Waals surface area contributed by atoms with Crippen molar-refractivity contribution in [1.29, 1.82) is 0 Å². The van der Waals surface area contributed by atoms with Gasteiger partial charge in [0.25, 0.3) is 0 Å². The number of rotatable bonds is 1. The van der Waals surface area contributed by atoms with Crippen molar-refractivity contribution in [3.8, 4) is 0 Å².